The number of amides is 1. The van der Waals surface area contributed by atoms with Gasteiger partial charge in [0.25, 0.3) is 0 Å². The van der Waals surface area contributed by atoms with Gasteiger partial charge in [-0.1, -0.05) is 6.42 Å². The van der Waals surface area contributed by atoms with E-state index in [1.165, 1.54) is 32.1 Å². The number of carbonyl (C=O) groups excluding carboxylic acids is 1. The molecule has 0 aromatic rings. The number of nitrogens with one attached hydrogen (secondary N) is 1. The summed E-state index contributed by atoms with van der Waals surface area (Å²) in [5.41, 5.74) is 0. The molecule has 2 bridgehead atoms. The third-order valence-corrected chi connectivity index (χ3v) is 4.80. The maximum Gasteiger partial charge on any atom is 0.225 e. The lowest BCUT2D eigenvalue weighted by molar-refractivity contribution is -0.139. The quantitative estimate of drug-likeness (QED) is 0.768. The molecule has 3 heteroatoms. The molecular weight excluding hydrogens is 200 g/mol. The molecule has 1 saturated carbocycles. The fourth-order valence-corrected chi connectivity index (χ4v) is 3.47. The number of fused-ring (bicyclic) bond motifs is 2. The van der Waals surface area contributed by atoms with Gasteiger partial charge in [-0.15, -0.1) is 0 Å². The number of rotatable bonds is 2. The molecule has 2 atom stereocenters. The average molecular weight is 222 g/mol. The predicted octanol–water partition coefficient (Wildman–Crippen LogP) is 1.53. The zero-order valence-corrected chi connectivity index (χ0v) is 10.1. The summed E-state index contributed by atoms with van der Waals surface area (Å²) in [6.07, 6.45) is 8.47. The smallest absolute Gasteiger partial charge is 0.225 e. The van der Waals surface area contributed by atoms with Crippen LogP contribution in [0.5, 0.6) is 0 Å². The van der Waals surface area contributed by atoms with Gasteiger partial charge in [0.05, 0.1) is 0 Å². The molecule has 0 aromatic carbocycles. The molecule has 3 nitrogen and oxygen atoms in total. The Hall–Kier alpha value is -0.570. The lowest BCUT2D eigenvalue weighted by Crippen LogP contribution is -2.50. The van der Waals surface area contributed by atoms with Crippen LogP contribution in [0.25, 0.3) is 0 Å². The summed E-state index contributed by atoms with van der Waals surface area (Å²) in [5.74, 6) is 0.773. The number of hydrogen-bond acceptors (Lipinski definition) is 2. The van der Waals surface area contributed by atoms with Gasteiger partial charge in [0.2, 0.25) is 5.91 Å². The summed E-state index contributed by atoms with van der Waals surface area (Å²) in [7, 11) is 2.02. The van der Waals surface area contributed by atoms with Crippen LogP contribution in [-0.4, -0.2) is 36.0 Å². The first-order chi connectivity index (χ1) is 7.74. The van der Waals surface area contributed by atoms with Gasteiger partial charge in [-0.25, -0.2) is 0 Å². The number of carbonyl (C=O) groups is 1. The topological polar surface area (TPSA) is 32.3 Å². The molecule has 1 N–H and O–H groups in total. The van der Waals surface area contributed by atoms with Crippen LogP contribution >= 0.6 is 0 Å². The van der Waals surface area contributed by atoms with E-state index in [1.54, 1.807) is 0 Å². The Morgan fingerprint density at radius 2 is 1.75 bits per heavy atom. The van der Waals surface area contributed by atoms with E-state index in [2.05, 4.69) is 10.2 Å². The Bertz CT molecular complexity index is 276. The van der Waals surface area contributed by atoms with Crippen molar-refractivity contribution < 1.29 is 4.79 Å². The van der Waals surface area contributed by atoms with Crippen molar-refractivity contribution in [2.75, 3.05) is 7.05 Å². The summed E-state index contributed by atoms with van der Waals surface area (Å²) in [5, 5.41) is 3.63. The van der Waals surface area contributed by atoms with Gasteiger partial charge < -0.3 is 10.2 Å². The lowest BCUT2D eigenvalue weighted by atomic mass is 9.83. The number of piperidine rings is 1. The lowest BCUT2D eigenvalue weighted by Gasteiger charge is -2.38. The first kappa shape index (κ1) is 10.6. The highest BCUT2D eigenvalue weighted by Gasteiger charge is 2.38. The molecule has 3 aliphatic rings. The Labute approximate surface area is 97.6 Å². The van der Waals surface area contributed by atoms with Crippen molar-refractivity contribution in [3.63, 3.8) is 0 Å². The van der Waals surface area contributed by atoms with Crippen LogP contribution in [0.4, 0.5) is 0 Å². The van der Waals surface area contributed by atoms with E-state index >= 15 is 0 Å². The standard InChI is InChI=1S/C13H22N2O/c1-15(13(16)9-3-2-4-9)12-7-10-5-6-11(8-12)14-10/h9-12,14H,2-8H2,1H3. The van der Waals surface area contributed by atoms with Crippen LogP contribution in [-0.2, 0) is 4.79 Å². The first-order valence-corrected chi connectivity index (χ1v) is 6.77. The van der Waals surface area contributed by atoms with E-state index < -0.39 is 0 Å². The molecule has 2 aliphatic heterocycles. The van der Waals surface area contributed by atoms with Gasteiger partial charge in [-0.2, -0.15) is 0 Å². The van der Waals surface area contributed by atoms with E-state index in [-0.39, 0.29) is 0 Å². The van der Waals surface area contributed by atoms with Crippen molar-refractivity contribution in [2.24, 2.45) is 5.92 Å². The summed E-state index contributed by atoms with van der Waals surface area (Å²) < 4.78 is 0. The molecule has 0 radical (unpaired) electrons. The highest BCUT2D eigenvalue weighted by Crippen LogP contribution is 2.33. The van der Waals surface area contributed by atoms with Crippen LogP contribution in [0, 0.1) is 5.92 Å². The maximum absolute atomic E-state index is 12.2. The van der Waals surface area contributed by atoms with Gasteiger partial charge in [-0.3, -0.25) is 4.79 Å². The molecule has 2 saturated heterocycles. The van der Waals surface area contributed by atoms with Crippen molar-refractivity contribution in [3.8, 4) is 0 Å². The normalized spacial score (nSPS) is 38.2. The fraction of sp³-hybridized carbons (Fsp3) is 0.923. The zero-order chi connectivity index (χ0) is 11.1. The SMILES string of the molecule is CN(C(=O)C1CCC1)C1CC2CCC(C1)N2. The van der Waals surface area contributed by atoms with Gasteiger partial charge >= 0.3 is 0 Å². The zero-order valence-electron chi connectivity index (χ0n) is 10.1. The Balaban J connectivity index is 1.61. The van der Waals surface area contributed by atoms with E-state index in [4.69, 9.17) is 0 Å². The Kier molecular flexibility index (Phi) is 2.66. The minimum atomic E-state index is 0.359. The van der Waals surface area contributed by atoms with Crippen molar-refractivity contribution in [1.29, 1.82) is 0 Å². The Morgan fingerprint density at radius 3 is 2.25 bits per heavy atom. The molecule has 3 rings (SSSR count). The van der Waals surface area contributed by atoms with E-state index in [0.717, 1.165) is 12.8 Å². The Morgan fingerprint density at radius 1 is 1.12 bits per heavy atom. The molecule has 90 valence electrons. The van der Waals surface area contributed by atoms with Crippen LogP contribution in [0.1, 0.15) is 44.9 Å². The predicted molar refractivity (Wildman–Crippen MR) is 63.1 cm³/mol. The van der Waals surface area contributed by atoms with Crippen molar-refractivity contribution >= 4 is 5.91 Å². The minimum absolute atomic E-state index is 0.359. The third kappa shape index (κ3) is 1.75. The molecule has 16 heavy (non-hydrogen) atoms. The van der Waals surface area contributed by atoms with E-state index in [1.807, 2.05) is 7.05 Å². The number of hydrogen-bond donors (Lipinski definition) is 1. The van der Waals surface area contributed by atoms with E-state index in [9.17, 15) is 4.79 Å². The fourth-order valence-electron chi connectivity index (χ4n) is 3.47. The summed E-state index contributed by atoms with van der Waals surface area (Å²) >= 11 is 0. The minimum Gasteiger partial charge on any atom is -0.342 e. The van der Waals surface area contributed by atoms with Crippen LogP contribution < -0.4 is 5.32 Å². The molecule has 1 amide bonds. The summed E-state index contributed by atoms with van der Waals surface area (Å²) in [4.78, 5) is 14.2. The second-order valence-electron chi connectivity index (χ2n) is 5.84. The number of nitrogens with zero attached hydrogens (tertiary/aromatic N) is 1. The van der Waals surface area contributed by atoms with Crippen LogP contribution in [0.15, 0.2) is 0 Å². The van der Waals surface area contributed by atoms with Crippen LogP contribution in [0.2, 0.25) is 0 Å². The summed E-state index contributed by atoms with van der Waals surface area (Å²) in [6, 6.07) is 1.87. The second kappa shape index (κ2) is 4.02. The average Bonchev–Trinajstić information content (AvgIpc) is 2.54. The van der Waals surface area contributed by atoms with Crippen molar-refractivity contribution in [1.82, 2.24) is 10.2 Å². The highest BCUT2D eigenvalue weighted by molar-refractivity contribution is 5.79. The summed E-state index contributed by atoms with van der Waals surface area (Å²) in [6.45, 7) is 0. The second-order valence-corrected chi connectivity index (χ2v) is 5.84. The van der Waals surface area contributed by atoms with Gasteiger partial charge in [0, 0.05) is 31.1 Å². The van der Waals surface area contributed by atoms with Gasteiger partial charge in [0.1, 0.15) is 0 Å². The largest absolute Gasteiger partial charge is 0.342 e. The monoisotopic (exact) mass is 222 g/mol. The molecule has 2 unspecified atom stereocenters. The van der Waals surface area contributed by atoms with Gasteiger partial charge in [0.15, 0.2) is 0 Å². The van der Waals surface area contributed by atoms with Crippen molar-refractivity contribution in [2.45, 2.75) is 63.1 Å². The molecule has 0 aromatic heterocycles. The third-order valence-electron chi connectivity index (χ3n) is 4.80. The van der Waals surface area contributed by atoms with Crippen LogP contribution in [0.3, 0.4) is 0 Å². The molecule has 2 heterocycles. The molecule has 1 aliphatic carbocycles. The molecular formula is C13H22N2O. The van der Waals surface area contributed by atoms with E-state index in [0.29, 0.717) is 30.0 Å². The maximum atomic E-state index is 12.2. The molecule has 3 fully saturated rings. The van der Waals surface area contributed by atoms with Crippen molar-refractivity contribution in [3.05, 3.63) is 0 Å². The molecule has 0 spiro atoms. The highest BCUT2D eigenvalue weighted by atomic mass is 16.2. The first-order valence-electron chi connectivity index (χ1n) is 6.77. The van der Waals surface area contributed by atoms with Gasteiger partial charge in [-0.05, 0) is 38.5 Å².